The molecule has 26 heavy (non-hydrogen) atoms. The Morgan fingerprint density at radius 3 is 1.88 bits per heavy atom. The summed E-state index contributed by atoms with van der Waals surface area (Å²) in [7, 11) is 0. The van der Waals surface area contributed by atoms with Crippen LogP contribution in [0.25, 0.3) is 0 Å². The van der Waals surface area contributed by atoms with E-state index in [1.165, 1.54) is 0 Å². The number of ether oxygens (including phenoxy) is 1. The maximum absolute atomic E-state index is 12.4. The van der Waals surface area contributed by atoms with Crippen molar-refractivity contribution in [2.45, 2.75) is 72.4 Å². The number of benzene rings is 1. The summed E-state index contributed by atoms with van der Waals surface area (Å²) in [6.45, 7) is 12.8. The van der Waals surface area contributed by atoms with E-state index >= 15 is 0 Å². The van der Waals surface area contributed by atoms with Crippen molar-refractivity contribution in [2.75, 3.05) is 6.54 Å². The molecule has 0 aliphatic rings. The van der Waals surface area contributed by atoms with Crippen molar-refractivity contribution in [3.05, 3.63) is 28.8 Å². The van der Waals surface area contributed by atoms with Gasteiger partial charge >= 0.3 is 12.1 Å². The van der Waals surface area contributed by atoms with Crippen molar-refractivity contribution in [3.63, 3.8) is 0 Å². The summed E-state index contributed by atoms with van der Waals surface area (Å²) < 4.78 is 5.33. The first kappa shape index (κ1) is 21.8. The number of aliphatic carboxylic acids is 1. The van der Waals surface area contributed by atoms with Crippen molar-refractivity contribution < 1.29 is 24.5 Å². The lowest BCUT2D eigenvalue weighted by Gasteiger charge is -2.27. The number of carbonyl (C=O) groups is 2. The van der Waals surface area contributed by atoms with Crippen LogP contribution in [0.2, 0.25) is 0 Å². The monoisotopic (exact) mass is 365 g/mol. The molecule has 0 heterocycles. The van der Waals surface area contributed by atoms with Crippen LogP contribution in [0.15, 0.2) is 12.1 Å². The molecule has 0 spiro atoms. The lowest BCUT2D eigenvalue weighted by molar-refractivity contribution is -0.138. The van der Waals surface area contributed by atoms with E-state index in [9.17, 15) is 14.7 Å². The molecule has 0 fully saturated rings. The van der Waals surface area contributed by atoms with E-state index in [1.807, 2.05) is 39.8 Å². The Bertz CT molecular complexity index is 630. The van der Waals surface area contributed by atoms with Crippen molar-refractivity contribution >= 4 is 12.1 Å². The molecule has 0 atom stereocenters. The number of amides is 1. The SMILES string of the molecule is CC(C)c1cc(CN(CC(=O)O)C(=O)OC(C)(C)C)cc(C(C)C)c1O. The number of rotatable bonds is 6. The highest BCUT2D eigenvalue weighted by Gasteiger charge is 2.25. The summed E-state index contributed by atoms with van der Waals surface area (Å²) >= 11 is 0. The second-order valence-electron chi connectivity index (χ2n) is 8.16. The van der Waals surface area contributed by atoms with Crippen molar-refractivity contribution in [2.24, 2.45) is 0 Å². The molecule has 1 rings (SSSR count). The van der Waals surface area contributed by atoms with E-state index in [4.69, 9.17) is 9.84 Å². The highest BCUT2D eigenvalue weighted by Crippen LogP contribution is 2.35. The van der Waals surface area contributed by atoms with Crippen LogP contribution in [0.3, 0.4) is 0 Å². The van der Waals surface area contributed by atoms with Crippen LogP contribution in [-0.2, 0) is 16.1 Å². The smallest absolute Gasteiger partial charge is 0.411 e. The molecule has 0 unspecified atom stereocenters. The van der Waals surface area contributed by atoms with Gasteiger partial charge in [0.05, 0.1) is 0 Å². The van der Waals surface area contributed by atoms with Gasteiger partial charge in [0.1, 0.15) is 17.9 Å². The fourth-order valence-corrected chi connectivity index (χ4v) is 2.61. The molecule has 0 aromatic heterocycles. The Kier molecular flexibility index (Phi) is 7.07. The van der Waals surface area contributed by atoms with Gasteiger partial charge in [-0.05, 0) is 49.3 Å². The zero-order chi connectivity index (χ0) is 20.2. The number of carbonyl (C=O) groups excluding carboxylic acids is 1. The topological polar surface area (TPSA) is 87.1 Å². The molecular formula is C20H31NO5. The standard InChI is InChI=1S/C20H31NO5/c1-12(2)15-8-14(9-16(13(3)4)18(15)24)10-21(11-17(22)23)19(25)26-20(5,6)7/h8-9,12-13,24H,10-11H2,1-7H3,(H,22,23). The molecule has 0 aliphatic carbocycles. The van der Waals surface area contributed by atoms with E-state index in [0.717, 1.165) is 21.6 Å². The molecule has 0 radical (unpaired) electrons. The molecule has 1 amide bonds. The van der Waals surface area contributed by atoms with Gasteiger partial charge in [-0.25, -0.2) is 4.79 Å². The molecule has 1 aromatic carbocycles. The first-order valence-corrected chi connectivity index (χ1v) is 8.87. The number of nitrogens with zero attached hydrogens (tertiary/aromatic N) is 1. The van der Waals surface area contributed by atoms with E-state index < -0.39 is 24.2 Å². The quantitative estimate of drug-likeness (QED) is 0.777. The Balaban J connectivity index is 3.25. The predicted octanol–water partition coefficient (Wildman–Crippen LogP) is 4.46. The van der Waals surface area contributed by atoms with Gasteiger partial charge in [-0.3, -0.25) is 9.69 Å². The number of hydrogen-bond donors (Lipinski definition) is 2. The maximum atomic E-state index is 12.4. The Morgan fingerprint density at radius 1 is 1.08 bits per heavy atom. The number of carboxylic acids is 1. The average molecular weight is 365 g/mol. The first-order chi connectivity index (χ1) is 11.8. The summed E-state index contributed by atoms with van der Waals surface area (Å²) in [6, 6.07) is 3.65. The average Bonchev–Trinajstić information content (AvgIpc) is 2.45. The zero-order valence-electron chi connectivity index (χ0n) is 16.8. The Labute approximate surface area is 155 Å². The highest BCUT2D eigenvalue weighted by atomic mass is 16.6. The van der Waals surface area contributed by atoms with Crippen molar-refractivity contribution in [3.8, 4) is 5.75 Å². The normalized spacial score (nSPS) is 11.7. The van der Waals surface area contributed by atoms with Crippen LogP contribution in [0.4, 0.5) is 4.79 Å². The number of phenolic OH excluding ortho intramolecular Hbond substituents is 1. The lowest BCUT2D eigenvalue weighted by Crippen LogP contribution is -2.39. The van der Waals surface area contributed by atoms with Gasteiger partial charge in [-0.2, -0.15) is 0 Å². The van der Waals surface area contributed by atoms with Crippen LogP contribution in [0, 0.1) is 0 Å². The van der Waals surface area contributed by atoms with Gasteiger partial charge < -0.3 is 14.9 Å². The fraction of sp³-hybridized carbons (Fsp3) is 0.600. The van der Waals surface area contributed by atoms with Gasteiger partial charge in [0.2, 0.25) is 0 Å². The minimum Gasteiger partial charge on any atom is -0.507 e. The summed E-state index contributed by atoms with van der Waals surface area (Å²) in [5.74, 6) is -0.646. The summed E-state index contributed by atoms with van der Waals surface area (Å²) in [5.41, 5.74) is 1.62. The summed E-state index contributed by atoms with van der Waals surface area (Å²) in [5, 5.41) is 19.6. The summed E-state index contributed by atoms with van der Waals surface area (Å²) in [6.07, 6.45) is -0.676. The van der Waals surface area contributed by atoms with Gasteiger partial charge in [0.25, 0.3) is 0 Å². The Morgan fingerprint density at radius 2 is 1.54 bits per heavy atom. The Hall–Kier alpha value is -2.24. The van der Waals surface area contributed by atoms with Gasteiger partial charge in [-0.1, -0.05) is 39.8 Å². The molecule has 6 nitrogen and oxygen atoms in total. The molecular weight excluding hydrogens is 334 g/mol. The van der Waals surface area contributed by atoms with Crippen LogP contribution in [0.1, 0.15) is 77.0 Å². The molecule has 0 saturated carbocycles. The third-order valence-electron chi connectivity index (χ3n) is 3.82. The van der Waals surface area contributed by atoms with Gasteiger partial charge in [0, 0.05) is 6.54 Å². The second kappa shape index (κ2) is 8.43. The third-order valence-corrected chi connectivity index (χ3v) is 3.82. The van der Waals surface area contributed by atoms with E-state index in [2.05, 4.69) is 0 Å². The second-order valence-corrected chi connectivity index (χ2v) is 8.16. The largest absolute Gasteiger partial charge is 0.507 e. The molecule has 6 heteroatoms. The van der Waals surface area contributed by atoms with Gasteiger partial charge in [0.15, 0.2) is 0 Å². The number of hydrogen-bond acceptors (Lipinski definition) is 4. The van der Waals surface area contributed by atoms with E-state index in [-0.39, 0.29) is 24.1 Å². The van der Waals surface area contributed by atoms with Crippen molar-refractivity contribution in [1.82, 2.24) is 4.90 Å². The van der Waals surface area contributed by atoms with Crippen LogP contribution >= 0.6 is 0 Å². The van der Waals surface area contributed by atoms with E-state index in [1.54, 1.807) is 20.8 Å². The molecule has 0 aliphatic heterocycles. The van der Waals surface area contributed by atoms with Crippen LogP contribution < -0.4 is 0 Å². The van der Waals surface area contributed by atoms with Crippen LogP contribution in [-0.4, -0.2) is 39.3 Å². The number of carboxylic acid groups (broad SMARTS) is 1. The number of aromatic hydroxyl groups is 1. The van der Waals surface area contributed by atoms with E-state index in [0.29, 0.717) is 0 Å². The third kappa shape index (κ3) is 6.24. The molecule has 0 saturated heterocycles. The minimum atomic E-state index is -1.11. The highest BCUT2D eigenvalue weighted by molar-refractivity contribution is 5.77. The maximum Gasteiger partial charge on any atom is 0.411 e. The van der Waals surface area contributed by atoms with Gasteiger partial charge in [-0.15, -0.1) is 0 Å². The molecule has 2 N–H and O–H groups in total. The minimum absolute atomic E-state index is 0.0981. The molecule has 0 bridgehead atoms. The fourth-order valence-electron chi connectivity index (χ4n) is 2.61. The molecule has 146 valence electrons. The number of phenols is 1. The van der Waals surface area contributed by atoms with Crippen molar-refractivity contribution in [1.29, 1.82) is 0 Å². The zero-order valence-corrected chi connectivity index (χ0v) is 16.8. The van der Waals surface area contributed by atoms with Crippen LogP contribution in [0.5, 0.6) is 5.75 Å². The lowest BCUT2D eigenvalue weighted by atomic mass is 9.91. The first-order valence-electron chi connectivity index (χ1n) is 8.87. The predicted molar refractivity (Wildman–Crippen MR) is 101 cm³/mol. The molecule has 1 aromatic rings. The summed E-state index contributed by atoms with van der Waals surface area (Å²) in [4.78, 5) is 24.7.